The van der Waals surface area contributed by atoms with Gasteiger partial charge in [-0.1, -0.05) is 0 Å². The van der Waals surface area contributed by atoms with E-state index >= 15 is 0 Å². The smallest absolute Gasteiger partial charge is 0.306 e. The maximum Gasteiger partial charge on any atom is 0.306 e. The first-order valence-corrected chi connectivity index (χ1v) is 4.39. The van der Waals surface area contributed by atoms with Crippen molar-refractivity contribution < 1.29 is 23.8 Å². The minimum Gasteiger partial charge on any atom is -0.469 e. The summed E-state index contributed by atoms with van der Waals surface area (Å²) in [6.07, 6.45) is 0.173. The van der Waals surface area contributed by atoms with Gasteiger partial charge in [-0.15, -0.1) is 0 Å². The van der Waals surface area contributed by atoms with E-state index in [9.17, 15) is 9.59 Å². The predicted octanol–water partition coefficient (Wildman–Crippen LogP) is -0.0777. The van der Waals surface area contributed by atoms with Crippen LogP contribution < -0.4 is 5.32 Å². The second-order valence-electron chi connectivity index (χ2n) is 2.44. The first-order chi connectivity index (χ1) is 7.12. The Morgan fingerprint density at radius 1 is 1.00 bits per heavy atom. The van der Waals surface area contributed by atoms with Crippen LogP contribution in [0.5, 0.6) is 0 Å². The van der Waals surface area contributed by atoms with Gasteiger partial charge in [0, 0.05) is 7.11 Å². The number of nitrogens with one attached hydrogen (secondary N) is 1. The van der Waals surface area contributed by atoms with Gasteiger partial charge in [-0.3, -0.25) is 14.9 Å². The Labute approximate surface area is 89.9 Å². The van der Waals surface area contributed by atoms with Gasteiger partial charge >= 0.3 is 11.9 Å². The summed E-state index contributed by atoms with van der Waals surface area (Å²) >= 11 is 0. The van der Waals surface area contributed by atoms with Crippen molar-refractivity contribution >= 4 is 11.9 Å². The number of carbonyl (C=O) groups excluding carboxylic acids is 2. The third-order valence-corrected chi connectivity index (χ3v) is 1.28. The molecule has 0 atom stereocenters. The third kappa shape index (κ3) is 15.6. The summed E-state index contributed by atoms with van der Waals surface area (Å²) in [6.45, 7) is 0.639. The van der Waals surface area contributed by atoms with Crippen LogP contribution in [-0.4, -0.2) is 47.0 Å². The number of methoxy groups -OCH3 is 3. The molecule has 0 aromatic heterocycles. The number of ether oxygens (including phenoxy) is 3. The molecule has 90 valence electrons. The fourth-order valence-electron chi connectivity index (χ4n) is 0.553. The largest absolute Gasteiger partial charge is 0.469 e. The summed E-state index contributed by atoms with van der Waals surface area (Å²) < 4.78 is 13.2. The number of hydrogen-bond acceptors (Lipinski definition) is 6. The molecule has 0 amide bonds. The Balaban J connectivity index is 0. The first-order valence-electron chi connectivity index (χ1n) is 4.39. The molecule has 0 aromatic rings. The Hall–Kier alpha value is -1.14. The van der Waals surface area contributed by atoms with Crippen molar-refractivity contribution in [3.63, 3.8) is 0 Å². The average Bonchev–Trinajstić information content (AvgIpc) is 2.27. The van der Waals surface area contributed by atoms with E-state index in [0.29, 0.717) is 6.73 Å². The topological polar surface area (TPSA) is 73.9 Å². The van der Waals surface area contributed by atoms with Crippen molar-refractivity contribution in [3.8, 4) is 0 Å². The molecule has 0 fully saturated rings. The molecule has 0 spiro atoms. The zero-order valence-electron chi connectivity index (χ0n) is 9.66. The van der Waals surface area contributed by atoms with Crippen molar-refractivity contribution in [1.82, 2.24) is 5.32 Å². The van der Waals surface area contributed by atoms with E-state index in [4.69, 9.17) is 0 Å². The number of hydrogen-bond donors (Lipinski definition) is 1. The fourth-order valence-corrected chi connectivity index (χ4v) is 0.553. The van der Waals surface area contributed by atoms with Crippen molar-refractivity contribution in [1.29, 1.82) is 0 Å². The van der Waals surface area contributed by atoms with E-state index in [1.807, 2.05) is 7.05 Å². The molecule has 0 unspecified atom stereocenters. The molecule has 0 heterocycles. The SMILES string of the molecule is CNCOC.COC(=O)CCC(=O)OC. The maximum absolute atomic E-state index is 10.4. The van der Waals surface area contributed by atoms with Gasteiger partial charge < -0.3 is 14.2 Å². The van der Waals surface area contributed by atoms with E-state index in [-0.39, 0.29) is 12.8 Å². The van der Waals surface area contributed by atoms with Crippen LogP contribution in [0.2, 0.25) is 0 Å². The normalized spacial score (nSPS) is 8.53. The number of rotatable bonds is 5. The van der Waals surface area contributed by atoms with Crippen LogP contribution in [0.1, 0.15) is 12.8 Å². The first kappa shape index (κ1) is 16.3. The second-order valence-corrected chi connectivity index (χ2v) is 2.44. The van der Waals surface area contributed by atoms with Gasteiger partial charge in [0.15, 0.2) is 0 Å². The van der Waals surface area contributed by atoms with Crippen molar-refractivity contribution in [2.75, 3.05) is 35.1 Å². The molecule has 0 saturated carbocycles. The Morgan fingerprint density at radius 2 is 1.40 bits per heavy atom. The van der Waals surface area contributed by atoms with Crippen molar-refractivity contribution in [2.24, 2.45) is 0 Å². The van der Waals surface area contributed by atoms with Crippen LogP contribution in [0.3, 0.4) is 0 Å². The maximum atomic E-state index is 10.4. The molecule has 0 saturated heterocycles. The van der Waals surface area contributed by atoms with Crippen LogP contribution in [0.25, 0.3) is 0 Å². The summed E-state index contributed by atoms with van der Waals surface area (Å²) in [5, 5.41) is 2.80. The molecular weight excluding hydrogens is 202 g/mol. The van der Waals surface area contributed by atoms with Crippen molar-refractivity contribution in [3.05, 3.63) is 0 Å². The lowest BCUT2D eigenvalue weighted by Gasteiger charge is -1.96. The van der Waals surface area contributed by atoms with Gasteiger partial charge in [-0.05, 0) is 7.05 Å². The molecule has 0 radical (unpaired) electrons. The van der Waals surface area contributed by atoms with Gasteiger partial charge in [-0.25, -0.2) is 0 Å². The molecule has 1 N–H and O–H groups in total. The summed E-state index contributed by atoms with van der Waals surface area (Å²) in [6, 6.07) is 0. The van der Waals surface area contributed by atoms with Gasteiger partial charge in [0.05, 0.1) is 33.8 Å². The Bertz CT molecular complexity index is 154. The molecular formula is C9H19NO5. The molecule has 6 nitrogen and oxygen atoms in total. The number of esters is 2. The highest BCUT2D eigenvalue weighted by Gasteiger charge is 2.04. The van der Waals surface area contributed by atoms with Crippen LogP contribution in [0.4, 0.5) is 0 Å². The molecule has 0 aliphatic rings. The molecule has 0 aromatic carbocycles. The minimum atomic E-state index is -0.398. The third-order valence-electron chi connectivity index (χ3n) is 1.28. The van der Waals surface area contributed by atoms with Crippen LogP contribution in [-0.2, 0) is 23.8 Å². The molecule has 0 bridgehead atoms. The monoisotopic (exact) mass is 221 g/mol. The quantitative estimate of drug-likeness (QED) is 0.517. The summed E-state index contributed by atoms with van der Waals surface area (Å²) in [7, 11) is 6.04. The van der Waals surface area contributed by atoms with Crippen LogP contribution in [0, 0.1) is 0 Å². The van der Waals surface area contributed by atoms with Gasteiger partial charge in [0.2, 0.25) is 0 Å². The van der Waals surface area contributed by atoms with Crippen molar-refractivity contribution in [2.45, 2.75) is 12.8 Å². The average molecular weight is 221 g/mol. The lowest BCUT2D eigenvalue weighted by molar-refractivity contribution is -0.147. The molecule has 15 heavy (non-hydrogen) atoms. The highest BCUT2D eigenvalue weighted by Crippen LogP contribution is 1.92. The van der Waals surface area contributed by atoms with E-state index in [0.717, 1.165) is 0 Å². The molecule has 0 rings (SSSR count). The molecule has 6 heteroatoms. The predicted molar refractivity (Wildman–Crippen MR) is 54.2 cm³/mol. The standard InChI is InChI=1S/C6H10O4.C3H9NO/c1-9-5(7)3-4-6(8)10-2;1-4-3-5-2/h3-4H2,1-2H3;4H,3H2,1-2H3. The second kappa shape index (κ2) is 12.9. The molecule has 0 aliphatic carbocycles. The zero-order valence-corrected chi connectivity index (χ0v) is 9.66. The summed E-state index contributed by atoms with van der Waals surface area (Å²) in [4.78, 5) is 20.8. The zero-order chi connectivity index (χ0) is 12.1. The van der Waals surface area contributed by atoms with E-state index in [1.54, 1.807) is 7.11 Å². The number of carbonyl (C=O) groups is 2. The van der Waals surface area contributed by atoms with Crippen LogP contribution >= 0.6 is 0 Å². The minimum absolute atomic E-state index is 0.0865. The lowest BCUT2D eigenvalue weighted by Crippen LogP contribution is -2.08. The van der Waals surface area contributed by atoms with E-state index < -0.39 is 11.9 Å². The van der Waals surface area contributed by atoms with E-state index in [1.165, 1.54) is 14.2 Å². The highest BCUT2D eigenvalue weighted by molar-refractivity contribution is 5.77. The Morgan fingerprint density at radius 3 is 1.53 bits per heavy atom. The van der Waals surface area contributed by atoms with Gasteiger partial charge in [-0.2, -0.15) is 0 Å². The van der Waals surface area contributed by atoms with Gasteiger partial charge in [0.25, 0.3) is 0 Å². The highest BCUT2D eigenvalue weighted by atomic mass is 16.5. The van der Waals surface area contributed by atoms with Crippen LogP contribution in [0.15, 0.2) is 0 Å². The van der Waals surface area contributed by atoms with Gasteiger partial charge in [0.1, 0.15) is 0 Å². The van der Waals surface area contributed by atoms with E-state index in [2.05, 4.69) is 19.5 Å². The fraction of sp³-hybridized carbons (Fsp3) is 0.778. The summed E-state index contributed by atoms with van der Waals surface area (Å²) in [5.41, 5.74) is 0. The summed E-state index contributed by atoms with van der Waals surface area (Å²) in [5.74, 6) is -0.796. The molecule has 0 aliphatic heterocycles. The lowest BCUT2D eigenvalue weighted by atomic mass is 10.3. The Kier molecular flexibility index (Phi) is 14.0.